The van der Waals surface area contributed by atoms with Crippen LogP contribution in [-0.2, 0) is 11.2 Å². The summed E-state index contributed by atoms with van der Waals surface area (Å²) in [5.41, 5.74) is 0.758. The van der Waals surface area contributed by atoms with Crippen LogP contribution in [0.4, 0.5) is 4.79 Å². The lowest BCUT2D eigenvalue weighted by atomic mass is 10.1. The second-order valence-electron chi connectivity index (χ2n) is 6.74. The average molecular weight is 294 g/mol. The second kappa shape index (κ2) is 4.72. The third-order valence-corrected chi connectivity index (χ3v) is 5.17. The van der Waals surface area contributed by atoms with Crippen LogP contribution >= 0.6 is 11.3 Å². The lowest BCUT2D eigenvalue weighted by Crippen LogP contribution is -2.41. The molecule has 2 heterocycles. The average Bonchev–Trinajstić information content (AvgIpc) is 3.07. The Morgan fingerprint density at radius 2 is 2.10 bits per heavy atom. The quantitative estimate of drug-likeness (QED) is 0.789. The maximum Gasteiger partial charge on any atom is 0.410 e. The molecule has 4 nitrogen and oxygen atoms in total. The van der Waals surface area contributed by atoms with E-state index in [1.165, 1.54) is 28.4 Å². The maximum absolute atomic E-state index is 12.3. The van der Waals surface area contributed by atoms with Gasteiger partial charge >= 0.3 is 6.09 Å². The predicted molar refractivity (Wildman–Crippen MR) is 79.1 cm³/mol. The van der Waals surface area contributed by atoms with Crippen LogP contribution in [0.3, 0.4) is 0 Å². The fraction of sp³-hybridized carbons (Fsp3) is 0.733. The van der Waals surface area contributed by atoms with E-state index in [0.717, 1.165) is 6.42 Å². The number of amides is 1. The number of aromatic nitrogens is 1. The summed E-state index contributed by atoms with van der Waals surface area (Å²) < 4.78 is 5.50. The van der Waals surface area contributed by atoms with Crippen molar-refractivity contribution in [3.05, 3.63) is 15.6 Å². The summed E-state index contributed by atoms with van der Waals surface area (Å²) in [5.74, 6) is 0.688. The van der Waals surface area contributed by atoms with Gasteiger partial charge in [0.2, 0.25) is 0 Å². The molecule has 5 heteroatoms. The highest BCUT2D eigenvalue weighted by molar-refractivity contribution is 7.12. The Bertz CT molecular complexity index is 528. The van der Waals surface area contributed by atoms with Crippen molar-refractivity contribution in [1.82, 2.24) is 9.88 Å². The van der Waals surface area contributed by atoms with Crippen molar-refractivity contribution < 1.29 is 9.53 Å². The summed E-state index contributed by atoms with van der Waals surface area (Å²) in [5, 5.41) is 1.27. The fourth-order valence-corrected chi connectivity index (χ4v) is 3.87. The van der Waals surface area contributed by atoms with E-state index in [1.807, 2.05) is 25.7 Å². The Hall–Kier alpha value is -1.10. The summed E-state index contributed by atoms with van der Waals surface area (Å²) >= 11 is 1.79. The van der Waals surface area contributed by atoms with Crippen LogP contribution in [-0.4, -0.2) is 28.1 Å². The molecular weight excluding hydrogens is 272 g/mol. The zero-order valence-electron chi connectivity index (χ0n) is 12.6. The van der Waals surface area contributed by atoms with Crippen LogP contribution in [0, 0.1) is 0 Å². The smallest absolute Gasteiger partial charge is 0.410 e. The van der Waals surface area contributed by atoms with Gasteiger partial charge < -0.3 is 9.64 Å². The number of carbonyl (C=O) groups is 1. The van der Waals surface area contributed by atoms with Gasteiger partial charge in [0.05, 0.1) is 21.6 Å². The van der Waals surface area contributed by atoms with Gasteiger partial charge in [-0.05, 0) is 40.5 Å². The van der Waals surface area contributed by atoms with E-state index >= 15 is 0 Å². The van der Waals surface area contributed by atoms with Gasteiger partial charge in [-0.15, -0.1) is 11.3 Å². The second-order valence-corrected chi connectivity index (χ2v) is 7.80. The molecule has 1 atom stereocenters. The first-order valence-corrected chi connectivity index (χ1v) is 8.16. The normalized spacial score (nSPS) is 22.6. The minimum absolute atomic E-state index is 0.0820. The van der Waals surface area contributed by atoms with Crippen molar-refractivity contribution in [1.29, 1.82) is 0 Å². The Kier molecular flexibility index (Phi) is 3.27. The first-order valence-electron chi connectivity index (χ1n) is 7.34. The molecule has 0 N–H and O–H groups in total. The van der Waals surface area contributed by atoms with Crippen molar-refractivity contribution in [3.63, 3.8) is 0 Å². The van der Waals surface area contributed by atoms with Crippen molar-refractivity contribution in [3.8, 4) is 0 Å². The molecule has 3 rings (SSSR count). The van der Waals surface area contributed by atoms with Gasteiger partial charge in [0, 0.05) is 18.9 Å². The molecule has 110 valence electrons. The molecule has 0 bridgehead atoms. The lowest BCUT2D eigenvalue weighted by molar-refractivity contribution is 0.0162. The van der Waals surface area contributed by atoms with Crippen LogP contribution in [0.1, 0.15) is 68.1 Å². The van der Waals surface area contributed by atoms with Crippen LogP contribution in [0.25, 0.3) is 0 Å². The maximum atomic E-state index is 12.3. The van der Waals surface area contributed by atoms with Gasteiger partial charge in [-0.2, -0.15) is 0 Å². The standard InChI is InChI=1S/C15H22N2O2S/c1-9-12-11(16-13(20-12)10-5-6-10)7-8-17(9)14(18)19-15(2,3)4/h9-10H,5-8H2,1-4H3/t9-/m1/s1. The highest BCUT2D eigenvalue weighted by Crippen LogP contribution is 2.45. The first-order chi connectivity index (χ1) is 9.35. The summed E-state index contributed by atoms with van der Waals surface area (Å²) in [7, 11) is 0. The van der Waals surface area contributed by atoms with E-state index in [-0.39, 0.29) is 12.1 Å². The molecule has 1 fully saturated rings. The molecule has 1 aliphatic heterocycles. The zero-order valence-corrected chi connectivity index (χ0v) is 13.4. The molecule has 0 spiro atoms. The van der Waals surface area contributed by atoms with Gasteiger partial charge in [0.25, 0.3) is 0 Å². The minimum Gasteiger partial charge on any atom is -0.444 e. The largest absolute Gasteiger partial charge is 0.444 e. The number of thiazole rings is 1. The summed E-state index contributed by atoms with van der Waals surface area (Å²) in [6, 6.07) is 0.0820. The molecule has 0 saturated heterocycles. The van der Waals surface area contributed by atoms with E-state index in [9.17, 15) is 4.79 Å². The van der Waals surface area contributed by atoms with E-state index in [4.69, 9.17) is 9.72 Å². The highest BCUT2D eigenvalue weighted by Gasteiger charge is 2.35. The summed E-state index contributed by atoms with van der Waals surface area (Å²) in [6.07, 6.45) is 3.19. The fourth-order valence-electron chi connectivity index (χ4n) is 2.52. The molecule has 1 aromatic rings. The van der Waals surface area contributed by atoms with Crippen molar-refractivity contribution >= 4 is 17.4 Å². The van der Waals surface area contributed by atoms with Crippen molar-refractivity contribution in [2.45, 2.75) is 64.5 Å². The Balaban J connectivity index is 1.77. The monoisotopic (exact) mass is 294 g/mol. The van der Waals surface area contributed by atoms with E-state index in [1.54, 1.807) is 11.3 Å². The Morgan fingerprint density at radius 1 is 1.40 bits per heavy atom. The molecule has 1 aliphatic carbocycles. The van der Waals surface area contributed by atoms with E-state index in [0.29, 0.717) is 12.5 Å². The number of hydrogen-bond donors (Lipinski definition) is 0. The molecular formula is C15H22N2O2S. The molecule has 0 radical (unpaired) electrons. The molecule has 1 saturated carbocycles. The number of carbonyl (C=O) groups excluding carboxylic acids is 1. The van der Waals surface area contributed by atoms with Crippen LogP contribution in [0.2, 0.25) is 0 Å². The summed E-state index contributed by atoms with van der Waals surface area (Å²) in [4.78, 5) is 20.1. The van der Waals surface area contributed by atoms with Gasteiger partial charge in [0.15, 0.2) is 0 Å². The van der Waals surface area contributed by atoms with Gasteiger partial charge in [-0.25, -0.2) is 9.78 Å². The van der Waals surface area contributed by atoms with Gasteiger partial charge in [0.1, 0.15) is 5.60 Å². The highest BCUT2D eigenvalue weighted by atomic mass is 32.1. The third kappa shape index (κ3) is 2.68. The predicted octanol–water partition coefficient (Wildman–Crippen LogP) is 3.87. The third-order valence-electron chi connectivity index (χ3n) is 3.74. The van der Waals surface area contributed by atoms with Crippen LogP contribution in [0.5, 0.6) is 0 Å². The number of fused-ring (bicyclic) bond motifs is 1. The minimum atomic E-state index is -0.441. The van der Waals surface area contributed by atoms with Gasteiger partial charge in [-0.3, -0.25) is 0 Å². The summed E-state index contributed by atoms with van der Waals surface area (Å²) in [6.45, 7) is 8.50. The Morgan fingerprint density at radius 3 is 2.70 bits per heavy atom. The first kappa shape index (κ1) is 13.9. The van der Waals surface area contributed by atoms with E-state index in [2.05, 4.69) is 6.92 Å². The molecule has 2 aliphatic rings. The lowest BCUT2D eigenvalue weighted by Gasteiger charge is -2.34. The number of ether oxygens (including phenoxy) is 1. The van der Waals surface area contributed by atoms with Crippen LogP contribution in [0.15, 0.2) is 0 Å². The van der Waals surface area contributed by atoms with Crippen LogP contribution < -0.4 is 0 Å². The van der Waals surface area contributed by atoms with E-state index < -0.39 is 5.60 Å². The zero-order chi connectivity index (χ0) is 14.5. The molecule has 0 aromatic carbocycles. The van der Waals surface area contributed by atoms with Crippen molar-refractivity contribution in [2.24, 2.45) is 0 Å². The molecule has 0 unspecified atom stereocenters. The number of rotatable bonds is 1. The van der Waals surface area contributed by atoms with Crippen molar-refractivity contribution in [2.75, 3.05) is 6.54 Å². The topological polar surface area (TPSA) is 42.4 Å². The molecule has 1 amide bonds. The van der Waals surface area contributed by atoms with Gasteiger partial charge in [-0.1, -0.05) is 0 Å². The Labute approximate surface area is 124 Å². The number of nitrogens with zero attached hydrogens (tertiary/aromatic N) is 2. The number of hydrogen-bond acceptors (Lipinski definition) is 4. The SMILES string of the molecule is C[C@@H]1c2sc(C3CC3)nc2CCN1C(=O)OC(C)(C)C. The molecule has 20 heavy (non-hydrogen) atoms. The molecule has 1 aromatic heterocycles.